The molecule has 0 aliphatic rings. The summed E-state index contributed by atoms with van der Waals surface area (Å²) in [4.78, 5) is 6.63. The molecule has 1 heterocycles. The summed E-state index contributed by atoms with van der Waals surface area (Å²) in [6.45, 7) is 5.44. The third-order valence-corrected chi connectivity index (χ3v) is 4.09. The summed E-state index contributed by atoms with van der Waals surface area (Å²) in [6, 6.07) is 7.00. The van der Waals surface area contributed by atoms with Gasteiger partial charge in [0.2, 0.25) is 0 Å². The van der Waals surface area contributed by atoms with E-state index in [1.54, 1.807) is 11.3 Å². The number of hydrogen-bond donors (Lipinski definition) is 1. The monoisotopic (exact) mass is 249 g/mol. The van der Waals surface area contributed by atoms with Crippen LogP contribution in [0.4, 0.5) is 5.13 Å². The zero-order valence-corrected chi connectivity index (χ0v) is 11.4. The molecule has 2 N–H and O–H groups in total. The molecule has 0 amide bonds. The normalized spacial score (nSPS) is 13.4. The molecule has 92 valence electrons. The van der Waals surface area contributed by atoms with Gasteiger partial charge in [-0.05, 0) is 38.1 Å². The SMILES string of the molecule is CCC(C)N(C)Cc1ccc2nc(N)sc2c1. The van der Waals surface area contributed by atoms with E-state index in [1.165, 1.54) is 16.7 Å². The first kappa shape index (κ1) is 12.3. The van der Waals surface area contributed by atoms with E-state index in [2.05, 4.69) is 49.0 Å². The highest BCUT2D eigenvalue weighted by molar-refractivity contribution is 7.22. The molecular formula is C13H19N3S. The van der Waals surface area contributed by atoms with Crippen molar-refractivity contribution in [3.8, 4) is 0 Å². The molecule has 17 heavy (non-hydrogen) atoms. The van der Waals surface area contributed by atoms with E-state index in [1.807, 2.05) is 0 Å². The highest BCUT2D eigenvalue weighted by Gasteiger charge is 2.08. The number of nitrogen functional groups attached to an aromatic ring is 1. The van der Waals surface area contributed by atoms with E-state index in [4.69, 9.17) is 5.73 Å². The number of nitrogens with zero attached hydrogens (tertiary/aromatic N) is 2. The summed E-state index contributed by atoms with van der Waals surface area (Å²) in [6.07, 6.45) is 1.17. The van der Waals surface area contributed by atoms with Crippen LogP contribution >= 0.6 is 11.3 Å². The van der Waals surface area contributed by atoms with Crippen LogP contribution in [0.5, 0.6) is 0 Å². The fourth-order valence-electron chi connectivity index (χ4n) is 1.84. The zero-order chi connectivity index (χ0) is 12.4. The minimum Gasteiger partial charge on any atom is -0.375 e. The van der Waals surface area contributed by atoms with E-state index in [0.29, 0.717) is 11.2 Å². The van der Waals surface area contributed by atoms with Crippen molar-refractivity contribution >= 4 is 26.7 Å². The molecule has 3 nitrogen and oxygen atoms in total. The van der Waals surface area contributed by atoms with Crippen molar-refractivity contribution in [2.45, 2.75) is 32.9 Å². The Kier molecular flexibility index (Phi) is 3.64. The summed E-state index contributed by atoms with van der Waals surface area (Å²) >= 11 is 1.56. The van der Waals surface area contributed by atoms with Gasteiger partial charge in [0.1, 0.15) is 0 Å². The van der Waals surface area contributed by atoms with Crippen LogP contribution < -0.4 is 5.73 Å². The molecule has 1 aromatic heterocycles. The Morgan fingerprint density at radius 1 is 1.47 bits per heavy atom. The Morgan fingerprint density at radius 2 is 2.24 bits per heavy atom. The van der Waals surface area contributed by atoms with Crippen molar-refractivity contribution in [2.24, 2.45) is 0 Å². The highest BCUT2D eigenvalue weighted by Crippen LogP contribution is 2.25. The van der Waals surface area contributed by atoms with Gasteiger partial charge in [0.25, 0.3) is 0 Å². The van der Waals surface area contributed by atoms with Gasteiger partial charge in [-0.1, -0.05) is 24.3 Å². The Hall–Kier alpha value is -1.13. The van der Waals surface area contributed by atoms with Crippen molar-refractivity contribution in [1.29, 1.82) is 0 Å². The molecule has 2 rings (SSSR count). The van der Waals surface area contributed by atoms with Gasteiger partial charge >= 0.3 is 0 Å². The van der Waals surface area contributed by atoms with Gasteiger partial charge in [0.05, 0.1) is 10.2 Å². The molecule has 1 aromatic carbocycles. The summed E-state index contributed by atoms with van der Waals surface area (Å²) < 4.78 is 1.18. The fraction of sp³-hybridized carbons (Fsp3) is 0.462. The molecule has 0 fully saturated rings. The van der Waals surface area contributed by atoms with Crippen LogP contribution in [0.3, 0.4) is 0 Å². The molecule has 0 saturated carbocycles. The van der Waals surface area contributed by atoms with Gasteiger partial charge in [-0.25, -0.2) is 4.98 Å². The molecule has 0 aliphatic heterocycles. The lowest BCUT2D eigenvalue weighted by atomic mass is 10.1. The smallest absolute Gasteiger partial charge is 0.181 e. The predicted molar refractivity (Wildman–Crippen MR) is 75.3 cm³/mol. The minimum atomic E-state index is 0.609. The number of anilines is 1. The largest absolute Gasteiger partial charge is 0.375 e. The molecule has 4 heteroatoms. The average molecular weight is 249 g/mol. The second-order valence-corrected chi connectivity index (χ2v) is 5.59. The average Bonchev–Trinajstić information content (AvgIpc) is 2.67. The van der Waals surface area contributed by atoms with Crippen molar-refractivity contribution < 1.29 is 0 Å². The second kappa shape index (κ2) is 5.02. The van der Waals surface area contributed by atoms with Gasteiger partial charge in [-0.3, -0.25) is 4.90 Å². The van der Waals surface area contributed by atoms with Crippen molar-refractivity contribution in [3.05, 3.63) is 23.8 Å². The fourth-order valence-corrected chi connectivity index (χ4v) is 2.64. The van der Waals surface area contributed by atoms with Gasteiger partial charge in [0, 0.05) is 12.6 Å². The molecule has 0 radical (unpaired) electrons. The van der Waals surface area contributed by atoms with E-state index in [9.17, 15) is 0 Å². The summed E-state index contributed by atoms with van der Waals surface area (Å²) in [5.74, 6) is 0. The predicted octanol–water partition coefficient (Wildman–Crippen LogP) is 3.11. The zero-order valence-electron chi connectivity index (χ0n) is 10.6. The first-order valence-electron chi connectivity index (χ1n) is 5.95. The number of fused-ring (bicyclic) bond motifs is 1. The molecule has 0 spiro atoms. The maximum Gasteiger partial charge on any atom is 0.181 e. The van der Waals surface area contributed by atoms with Gasteiger partial charge in [-0.2, -0.15) is 0 Å². The lowest BCUT2D eigenvalue weighted by molar-refractivity contribution is 0.244. The number of benzene rings is 1. The molecule has 0 aliphatic carbocycles. The van der Waals surface area contributed by atoms with Crippen LogP contribution in [-0.2, 0) is 6.54 Å². The van der Waals surface area contributed by atoms with Crippen LogP contribution in [0.15, 0.2) is 18.2 Å². The maximum atomic E-state index is 5.71. The summed E-state index contributed by atoms with van der Waals surface area (Å²) in [7, 11) is 2.17. The van der Waals surface area contributed by atoms with Gasteiger partial charge in [0.15, 0.2) is 5.13 Å². The Bertz CT molecular complexity index is 506. The Balaban J connectivity index is 2.18. The maximum absolute atomic E-state index is 5.71. The van der Waals surface area contributed by atoms with Crippen molar-refractivity contribution in [2.75, 3.05) is 12.8 Å². The first-order chi connectivity index (χ1) is 8.10. The summed E-state index contributed by atoms with van der Waals surface area (Å²) in [5, 5.41) is 0.646. The van der Waals surface area contributed by atoms with Crippen molar-refractivity contribution in [1.82, 2.24) is 9.88 Å². The lowest BCUT2D eigenvalue weighted by Crippen LogP contribution is -2.27. The molecule has 0 saturated heterocycles. The quantitative estimate of drug-likeness (QED) is 0.905. The van der Waals surface area contributed by atoms with E-state index in [-0.39, 0.29) is 0 Å². The standard InChI is InChI=1S/C13H19N3S/c1-4-9(2)16(3)8-10-5-6-11-12(7-10)17-13(14)15-11/h5-7,9H,4,8H2,1-3H3,(H2,14,15). The summed E-state index contributed by atoms with van der Waals surface area (Å²) in [5.41, 5.74) is 8.03. The van der Waals surface area contributed by atoms with E-state index in [0.717, 1.165) is 12.1 Å². The third kappa shape index (κ3) is 2.76. The van der Waals surface area contributed by atoms with E-state index >= 15 is 0 Å². The van der Waals surface area contributed by atoms with Crippen LogP contribution in [-0.4, -0.2) is 23.0 Å². The van der Waals surface area contributed by atoms with Gasteiger partial charge < -0.3 is 5.73 Å². The third-order valence-electron chi connectivity index (χ3n) is 3.24. The molecular weight excluding hydrogens is 230 g/mol. The molecule has 0 bridgehead atoms. The Labute approximate surface area is 106 Å². The van der Waals surface area contributed by atoms with Crippen LogP contribution in [0.2, 0.25) is 0 Å². The minimum absolute atomic E-state index is 0.609. The molecule has 1 atom stereocenters. The number of aromatic nitrogens is 1. The highest BCUT2D eigenvalue weighted by atomic mass is 32.1. The number of hydrogen-bond acceptors (Lipinski definition) is 4. The molecule has 2 aromatic rings. The lowest BCUT2D eigenvalue weighted by Gasteiger charge is -2.23. The number of thiazole rings is 1. The van der Waals surface area contributed by atoms with Crippen LogP contribution in [0.1, 0.15) is 25.8 Å². The Morgan fingerprint density at radius 3 is 2.94 bits per heavy atom. The number of nitrogens with two attached hydrogens (primary N) is 1. The molecule has 1 unspecified atom stereocenters. The number of rotatable bonds is 4. The van der Waals surface area contributed by atoms with Gasteiger partial charge in [-0.15, -0.1) is 0 Å². The van der Waals surface area contributed by atoms with E-state index < -0.39 is 0 Å². The second-order valence-electron chi connectivity index (χ2n) is 4.53. The van der Waals surface area contributed by atoms with Crippen LogP contribution in [0, 0.1) is 0 Å². The first-order valence-corrected chi connectivity index (χ1v) is 6.77. The van der Waals surface area contributed by atoms with Crippen molar-refractivity contribution in [3.63, 3.8) is 0 Å². The topological polar surface area (TPSA) is 42.2 Å². The van der Waals surface area contributed by atoms with Crippen LogP contribution in [0.25, 0.3) is 10.2 Å².